The predicted molar refractivity (Wildman–Crippen MR) is 124 cm³/mol. The van der Waals surface area contributed by atoms with Crippen LogP contribution in [0.5, 0.6) is 11.5 Å². The highest BCUT2D eigenvalue weighted by molar-refractivity contribution is 5.89. The summed E-state index contributed by atoms with van der Waals surface area (Å²) in [6, 6.07) is 4.55. The minimum atomic E-state index is -0.441. The van der Waals surface area contributed by atoms with Crippen LogP contribution in [0.2, 0.25) is 0 Å². The molecule has 0 bridgehead atoms. The van der Waals surface area contributed by atoms with Crippen molar-refractivity contribution in [2.45, 2.75) is 84.6 Å². The third kappa shape index (κ3) is 6.71. The topological polar surface area (TPSA) is 83.6 Å². The number of non-ortho nitro benzene ring substituents is 1. The highest BCUT2D eigenvalue weighted by Crippen LogP contribution is 2.34. The first-order valence-electron chi connectivity index (χ1n) is 11.6. The van der Waals surface area contributed by atoms with Gasteiger partial charge in [-0.1, -0.05) is 65.2 Å². The lowest BCUT2D eigenvalue weighted by atomic mass is 10.1. The molecule has 0 aliphatic heterocycles. The molecule has 0 fully saturated rings. The zero-order valence-corrected chi connectivity index (χ0v) is 19.2. The van der Waals surface area contributed by atoms with Crippen molar-refractivity contribution in [3.63, 3.8) is 0 Å². The number of hydrogen-bond acceptors (Lipinski definition) is 5. The number of benzene rings is 1. The van der Waals surface area contributed by atoms with Crippen molar-refractivity contribution in [2.24, 2.45) is 0 Å². The molecule has 0 aliphatic rings. The standard InChI is InChI=1S/C24H36N2O5/c1-4-6-8-10-11-12-16-25-21-18-19(26(28)29)14-15-20(21)22(30-3)23(24(25)27)31-17-13-9-7-5-2/h14-15,18H,4-13,16-17H2,1-3H3. The Labute approximate surface area is 184 Å². The van der Waals surface area contributed by atoms with E-state index in [1.165, 1.54) is 38.5 Å². The number of nitrogens with zero attached hydrogens (tertiary/aromatic N) is 2. The molecule has 7 heteroatoms. The van der Waals surface area contributed by atoms with Gasteiger partial charge in [0.2, 0.25) is 5.75 Å². The number of aryl methyl sites for hydroxylation is 1. The van der Waals surface area contributed by atoms with Crippen molar-refractivity contribution in [1.29, 1.82) is 0 Å². The summed E-state index contributed by atoms with van der Waals surface area (Å²) in [4.78, 5) is 24.2. The van der Waals surface area contributed by atoms with Gasteiger partial charge in [0, 0.05) is 24.1 Å². The number of unbranched alkanes of at least 4 members (excludes halogenated alkanes) is 8. The largest absolute Gasteiger partial charge is 0.492 e. The molecule has 0 saturated carbocycles. The Bertz CT molecular complexity index is 907. The summed E-state index contributed by atoms with van der Waals surface area (Å²) in [5.41, 5.74) is 0.190. The van der Waals surface area contributed by atoms with Crippen molar-refractivity contribution in [3.8, 4) is 11.5 Å². The Kier molecular flexibility index (Phi) is 10.3. The minimum Gasteiger partial charge on any atom is -0.492 e. The molecule has 0 N–H and O–H groups in total. The highest BCUT2D eigenvalue weighted by atomic mass is 16.6. The van der Waals surface area contributed by atoms with E-state index in [2.05, 4.69) is 13.8 Å². The number of fused-ring (bicyclic) bond motifs is 1. The Balaban J connectivity index is 2.38. The molecule has 0 unspecified atom stereocenters. The molecular weight excluding hydrogens is 396 g/mol. The van der Waals surface area contributed by atoms with Crippen LogP contribution in [0.4, 0.5) is 5.69 Å². The van der Waals surface area contributed by atoms with Crippen molar-refractivity contribution >= 4 is 16.6 Å². The molecule has 0 spiro atoms. The molecule has 2 rings (SSSR count). The van der Waals surface area contributed by atoms with Gasteiger partial charge >= 0.3 is 0 Å². The fourth-order valence-corrected chi connectivity index (χ4v) is 3.81. The van der Waals surface area contributed by atoms with Crippen LogP contribution in [-0.2, 0) is 6.54 Å². The second kappa shape index (κ2) is 13.0. The van der Waals surface area contributed by atoms with E-state index < -0.39 is 4.92 Å². The van der Waals surface area contributed by atoms with Crippen molar-refractivity contribution in [2.75, 3.05) is 13.7 Å². The molecule has 0 aliphatic carbocycles. The summed E-state index contributed by atoms with van der Waals surface area (Å²) in [6.07, 6.45) is 10.7. The normalized spacial score (nSPS) is 11.1. The van der Waals surface area contributed by atoms with Crippen LogP contribution >= 0.6 is 0 Å². The van der Waals surface area contributed by atoms with E-state index in [-0.39, 0.29) is 17.0 Å². The molecule has 0 saturated heterocycles. The van der Waals surface area contributed by atoms with Crippen molar-refractivity contribution in [3.05, 3.63) is 38.7 Å². The van der Waals surface area contributed by atoms with Crippen LogP contribution in [0.15, 0.2) is 23.0 Å². The van der Waals surface area contributed by atoms with Gasteiger partial charge in [0.15, 0.2) is 5.75 Å². The molecule has 2 aromatic rings. The number of nitro benzene ring substituents is 1. The second-order valence-corrected chi connectivity index (χ2v) is 7.95. The molecule has 7 nitrogen and oxygen atoms in total. The molecule has 0 radical (unpaired) electrons. The van der Waals surface area contributed by atoms with Crippen LogP contribution in [0.3, 0.4) is 0 Å². The molecular formula is C24H36N2O5. The van der Waals surface area contributed by atoms with E-state index in [0.717, 1.165) is 44.9 Å². The Morgan fingerprint density at radius 1 is 0.935 bits per heavy atom. The number of rotatable bonds is 15. The summed E-state index contributed by atoms with van der Waals surface area (Å²) in [7, 11) is 1.50. The number of hydrogen-bond donors (Lipinski definition) is 0. The highest BCUT2D eigenvalue weighted by Gasteiger charge is 2.21. The van der Waals surface area contributed by atoms with Gasteiger partial charge in [0.1, 0.15) is 0 Å². The van der Waals surface area contributed by atoms with Crippen LogP contribution < -0.4 is 15.0 Å². The molecule has 31 heavy (non-hydrogen) atoms. The first-order chi connectivity index (χ1) is 15.0. The molecule has 0 atom stereocenters. The quantitative estimate of drug-likeness (QED) is 0.189. The van der Waals surface area contributed by atoms with Gasteiger partial charge in [-0.05, 0) is 18.9 Å². The van der Waals surface area contributed by atoms with Gasteiger partial charge < -0.3 is 14.0 Å². The lowest BCUT2D eigenvalue weighted by Crippen LogP contribution is -2.24. The van der Waals surface area contributed by atoms with Gasteiger partial charge in [-0.2, -0.15) is 0 Å². The van der Waals surface area contributed by atoms with Crippen molar-refractivity contribution < 1.29 is 14.4 Å². The van der Waals surface area contributed by atoms with E-state index in [4.69, 9.17) is 9.47 Å². The van der Waals surface area contributed by atoms with Crippen molar-refractivity contribution in [1.82, 2.24) is 4.57 Å². The third-order valence-corrected chi connectivity index (χ3v) is 5.56. The number of nitro groups is 1. The lowest BCUT2D eigenvalue weighted by molar-refractivity contribution is -0.384. The van der Waals surface area contributed by atoms with Crippen LogP contribution in [0.1, 0.15) is 78.1 Å². The van der Waals surface area contributed by atoms with Crippen LogP contribution in [0.25, 0.3) is 10.9 Å². The van der Waals surface area contributed by atoms with Crippen LogP contribution in [0, 0.1) is 10.1 Å². The van der Waals surface area contributed by atoms with E-state index in [1.54, 1.807) is 10.6 Å². The Hall–Kier alpha value is -2.57. The van der Waals surface area contributed by atoms with Gasteiger partial charge in [0.05, 0.1) is 24.2 Å². The van der Waals surface area contributed by atoms with Gasteiger partial charge in [0.25, 0.3) is 11.2 Å². The zero-order valence-electron chi connectivity index (χ0n) is 19.2. The fraction of sp³-hybridized carbons (Fsp3) is 0.625. The van der Waals surface area contributed by atoms with E-state index in [1.807, 2.05) is 0 Å². The fourth-order valence-electron chi connectivity index (χ4n) is 3.81. The predicted octanol–water partition coefficient (Wildman–Crippen LogP) is 6.24. The van der Waals surface area contributed by atoms with E-state index >= 15 is 0 Å². The SMILES string of the molecule is CCCCCCCCn1c(=O)c(OCCCCCC)c(OC)c2ccc([N+](=O)[O-])cc21. The third-order valence-electron chi connectivity index (χ3n) is 5.56. The zero-order chi connectivity index (χ0) is 22.6. The summed E-state index contributed by atoms with van der Waals surface area (Å²) in [6.45, 7) is 5.27. The Morgan fingerprint density at radius 3 is 2.23 bits per heavy atom. The molecule has 1 aromatic carbocycles. The molecule has 1 heterocycles. The molecule has 172 valence electrons. The average Bonchev–Trinajstić information content (AvgIpc) is 2.77. The number of aromatic nitrogens is 1. The Morgan fingerprint density at radius 2 is 1.58 bits per heavy atom. The smallest absolute Gasteiger partial charge is 0.297 e. The maximum atomic E-state index is 13.3. The molecule has 0 amide bonds. The van der Waals surface area contributed by atoms with Crippen LogP contribution in [-0.4, -0.2) is 23.2 Å². The van der Waals surface area contributed by atoms with E-state index in [9.17, 15) is 14.9 Å². The summed E-state index contributed by atoms with van der Waals surface area (Å²) < 4.78 is 13.1. The summed E-state index contributed by atoms with van der Waals surface area (Å²) in [5, 5.41) is 12.0. The summed E-state index contributed by atoms with van der Waals surface area (Å²) in [5.74, 6) is 0.552. The number of methoxy groups -OCH3 is 1. The minimum absolute atomic E-state index is 0.0427. The first kappa shape index (κ1) is 24.7. The lowest BCUT2D eigenvalue weighted by Gasteiger charge is -2.17. The number of ether oxygens (including phenoxy) is 2. The first-order valence-corrected chi connectivity index (χ1v) is 11.6. The summed E-state index contributed by atoms with van der Waals surface area (Å²) >= 11 is 0. The van der Waals surface area contributed by atoms with Gasteiger partial charge in [-0.25, -0.2) is 0 Å². The number of pyridine rings is 1. The van der Waals surface area contributed by atoms with Gasteiger partial charge in [-0.15, -0.1) is 0 Å². The molecule has 1 aromatic heterocycles. The van der Waals surface area contributed by atoms with E-state index in [0.29, 0.717) is 29.8 Å². The average molecular weight is 433 g/mol. The van der Waals surface area contributed by atoms with Gasteiger partial charge in [-0.3, -0.25) is 14.9 Å². The monoisotopic (exact) mass is 432 g/mol. The maximum Gasteiger partial charge on any atom is 0.297 e. The second-order valence-electron chi connectivity index (χ2n) is 7.95. The maximum absolute atomic E-state index is 13.3.